The van der Waals surface area contributed by atoms with Gasteiger partial charge in [0, 0.05) is 24.7 Å². The molecule has 2 nitrogen and oxygen atoms in total. The molecular weight excluding hydrogens is 242 g/mol. The normalized spacial score (nSPS) is 12.7. The number of ether oxygens (including phenoxy) is 1. The maximum absolute atomic E-state index is 5.22. The predicted octanol–water partition coefficient (Wildman–Crippen LogP) is 3.16. The van der Waals surface area contributed by atoms with E-state index in [1.54, 1.807) is 7.11 Å². The molecule has 0 saturated carbocycles. The average molecular weight is 267 g/mol. The summed E-state index contributed by atoms with van der Waals surface area (Å²) in [7, 11) is 1.76. The summed E-state index contributed by atoms with van der Waals surface area (Å²) in [5, 5.41) is 3.45. The lowest BCUT2D eigenvalue weighted by Gasteiger charge is -2.16. The highest BCUT2D eigenvalue weighted by molar-refractivity contribution is 7.98. The monoisotopic (exact) mass is 267 g/mol. The molecule has 0 fully saturated rings. The van der Waals surface area contributed by atoms with Gasteiger partial charge in [-0.3, -0.25) is 0 Å². The van der Waals surface area contributed by atoms with Crippen molar-refractivity contribution >= 4 is 11.8 Å². The van der Waals surface area contributed by atoms with Crippen LogP contribution in [0.2, 0.25) is 0 Å². The van der Waals surface area contributed by atoms with Crippen LogP contribution in [0.1, 0.15) is 23.6 Å². The lowest BCUT2D eigenvalue weighted by Crippen LogP contribution is -2.35. The summed E-state index contributed by atoms with van der Waals surface area (Å²) in [5.41, 5.74) is 4.13. The van der Waals surface area contributed by atoms with Crippen LogP contribution in [0.3, 0.4) is 0 Å². The molecule has 1 rings (SSSR count). The number of hydrogen-bond donors (Lipinski definition) is 1. The van der Waals surface area contributed by atoms with Gasteiger partial charge >= 0.3 is 0 Å². The van der Waals surface area contributed by atoms with Crippen LogP contribution in [0.5, 0.6) is 0 Å². The van der Waals surface area contributed by atoms with Crippen LogP contribution in [-0.2, 0) is 10.5 Å². The van der Waals surface area contributed by atoms with Crippen molar-refractivity contribution in [2.45, 2.75) is 32.6 Å². The van der Waals surface area contributed by atoms with Crippen LogP contribution in [0, 0.1) is 13.8 Å². The van der Waals surface area contributed by atoms with E-state index in [-0.39, 0.29) is 0 Å². The number of rotatable bonds is 8. The molecule has 1 aromatic carbocycles. The van der Waals surface area contributed by atoms with Gasteiger partial charge in [-0.2, -0.15) is 11.8 Å². The molecule has 0 heterocycles. The van der Waals surface area contributed by atoms with Crippen molar-refractivity contribution in [3.8, 4) is 0 Å². The molecule has 102 valence electrons. The number of aryl methyl sites for hydroxylation is 2. The van der Waals surface area contributed by atoms with Crippen molar-refractivity contribution in [3.63, 3.8) is 0 Å². The third-order valence-electron chi connectivity index (χ3n) is 2.73. The Morgan fingerprint density at radius 1 is 1.22 bits per heavy atom. The number of hydrogen-bond acceptors (Lipinski definition) is 3. The second kappa shape index (κ2) is 8.57. The molecule has 0 radical (unpaired) electrons. The van der Waals surface area contributed by atoms with E-state index in [0.717, 1.165) is 24.7 Å². The van der Waals surface area contributed by atoms with Crippen molar-refractivity contribution < 1.29 is 4.74 Å². The molecule has 0 bridgehead atoms. The standard InChI is InChI=1S/C15H25NOS/c1-5-16-15(9-17-4)11-18-10-14-7-12(2)6-13(3)8-14/h6-8,15-16H,5,9-11H2,1-4H3. The van der Waals surface area contributed by atoms with Gasteiger partial charge in [-0.25, -0.2) is 0 Å². The Balaban J connectivity index is 2.39. The van der Waals surface area contributed by atoms with Gasteiger partial charge < -0.3 is 10.1 Å². The van der Waals surface area contributed by atoms with Gasteiger partial charge in [-0.1, -0.05) is 36.2 Å². The van der Waals surface area contributed by atoms with Gasteiger partial charge in [-0.05, 0) is 26.0 Å². The minimum Gasteiger partial charge on any atom is -0.383 e. The third kappa shape index (κ3) is 5.89. The summed E-state index contributed by atoms with van der Waals surface area (Å²) in [5.74, 6) is 2.17. The SMILES string of the molecule is CCNC(COC)CSCc1cc(C)cc(C)c1. The van der Waals surface area contributed by atoms with Crippen molar-refractivity contribution in [3.05, 3.63) is 34.9 Å². The van der Waals surface area contributed by atoms with Crippen molar-refractivity contribution in [1.29, 1.82) is 0 Å². The molecule has 3 heteroatoms. The van der Waals surface area contributed by atoms with Crippen molar-refractivity contribution in [2.75, 3.05) is 26.0 Å². The Kier molecular flexibility index (Phi) is 7.40. The van der Waals surface area contributed by atoms with E-state index in [0.29, 0.717) is 6.04 Å². The molecule has 1 N–H and O–H groups in total. The van der Waals surface area contributed by atoms with Crippen LogP contribution < -0.4 is 5.32 Å². The molecule has 0 aromatic heterocycles. The molecule has 0 aliphatic heterocycles. The van der Waals surface area contributed by atoms with E-state index in [2.05, 4.69) is 44.3 Å². The lowest BCUT2D eigenvalue weighted by atomic mass is 10.1. The summed E-state index contributed by atoms with van der Waals surface area (Å²) in [6.45, 7) is 8.24. The largest absolute Gasteiger partial charge is 0.383 e. The zero-order chi connectivity index (χ0) is 13.4. The van der Waals surface area contributed by atoms with E-state index < -0.39 is 0 Å². The highest BCUT2D eigenvalue weighted by Crippen LogP contribution is 2.16. The van der Waals surface area contributed by atoms with Crippen LogP contribution in [0.4, 0.5) is 0 Å². The molecule has 0 aliphatic carbocycles. The van der Waals surface area contributed by atoms with Gasteiger partial charge in [0.1, 0.15) is 0 Å². The van der Waals surface area contributed by atoms with Gasteiger partial charge in [-0.15, -0.1) is 0 Å². The fourth-order valence-electron chi connectivity index (χ4n) is 2.13. The zero-order valence-corrected chi connectivity index (χ0v) is 12.8. The van der Waals surface area contributed by atoms with E-state index in [9.17, 15) is 0 Å². The number of benzene rings is 1. The minimum atomic E-state index is 0.455. The second-order valence-electron chi connectivity index (χ2n) is 4.72. The van der Waals surface area contributed by atoms with Gasteiger partial charge in [0.2, 0.25) is 0 Å². The van der Waals surface area contributed by atoms with Crippen LogP contribution in [0.15, 0.2) is 18.2 Å². The van der Waals surface area contributed by atoms with E-state index in [1.807, 2.05) is 11.8 Å². The number of methoxy groups -OCH3 is 1. The average Bonchev–Trinajstić information content (AvgIpc) is 2.28. The Labute approximate surface area is 116 Å². The predicted molar refractivity (Wildman–Crippen MR) is 81.4 cm³/mol. The lowest BCUT2D eigenvalue weighted by molar-refractivity contribution is 0.174. The minimum absolute atomic E-state index is 0.455. The summed E-state index contributed by atoms with van der Waals surface area (Å²) in [4.78, 5) is 0. The first kappa shape index (κ1) is 15.5. The van der Waals surface area contributed by atoms with E-state index >= 15 is 0 Å². The highest BCUT2D eigenvalue weighted by Gasteiger charge is 2.06. The first-order chi connectivity index (χ1) is 8.65. The Morgan fingerprint density at radius 2 is 1.89 bits per heavy atom. The number of nitrogens with one attached hydrogen (secondary N) is 1. The van der Waals surface area contributed by atoms with Gasteiger partial charge in [0.05, 0.1) is 6.61 Å². The maximum Gasteiger partial charge on any atom is 0.0623 e. The topological polar surface area (TPSA) is 21.3 Å². The van der Waals surface area contributed by atoms with Crippen molar-refractivity contribution in [2.24, 2.45) is 0 Å². The number of thioether (sulfide) groups is 1. The summed E-state index contributed by atoms with van der Waals surface area (Å²) in [6, 6.07) is 7.23. The molecule has 1 aromatic rings. The molecule has 1 unspecified atom stereocenters. The Morgan fingerprint density at radius 3 is 2.44 bits per heavy atom. The maximum atomic E-state index is 5.22. The Bertz CT molecular complexity index is 328. The smallest absolute Gasteiger partial charge is 0.0623 e. The summed E-state index contributed by atoms with van der Waals surface area (Å²) >= 11 is 1.97. The zero-order valence-electron chi connectivity index (χ0n) is 12.0. The third-order valence-corrected chi connectivity index (χ3v) is 3.91. The fourth-order valence-corrected chi connectivity index (χ4v) is 3.15. The quantitative estimate of drug-likeness (QED) is 0.782. The molecule has 0 saturated heterocycles. The molecule has 0 spiro atoms. The van der Waals surface area contributed by atoms with Crippen LogP contribution in [-0.4, -0.2) is 32.1 Å². The van der Waals surface area contributed by atoms with E-state index in [1.165, 1.54) is 16.7 Å². The first-order valence-corrected chi connectivity index (χ1v) is 7.68. The second-order valence-corrected chi connectivity index (χ2v) is 5.75. The molecule has 1 atom stereocenters. The molecule has 18 heavy (non-hydrogen) atoms. The van der Waals surface area contributed by atoms with Gasteiger partial charge in [0.25, 0.3) is 0 Å². The summed E-state index contributed by atoms with van der Waals surface area (Å²) < 4.78 is 5.22. The van der Waals surface area contributed by atoms with Crippen molar-refractivity contribution in [1.82, 2.24) is 5.32 Å². The molecule has 0 amide bonds. The number of likely N-dealkylation sites (N-methyl/N-ethyl adjacent to an activating group) is 1. The molecule has 0 aliphatic rings. The van der Waals surface area contributed by atoms with E-state index in [4.69, 9.17) is 4.74 Å². The Hall–Kier alpha value is -0.510. The molecular formula is C15H25NOS. The summed E-state index contributed by atoms with van der Waals surface area (Å²) in [6.07, 6.45) is 0. The first-order valence-electron chi connectivity index (χ1n) is 6.53. The van der Waals surface area contributed by atoms with Crippen LogP contribution in [0.25, 0.3) is 0 Å². The van der Waals surface area contributed by atoms with Crippen LogP contribution >= 0.6 is 11.8 Å². The highest BCUT2D eigenvalue weighted by atomic mass is 32.2. The van der Waals surface area contributed by atoms with Gasteiger partial charge in [0.15, 0.2) is 0 Å². The fraction of sp³-hybridized carbons (Fsp3) is 0.600.